The molecule has 0 bridgehead atoms. The lowest BCUT2D eigenvalue weighted by Gasteiger charge is -2.08. The number of fused-ring (bicyclic) bond motifs is 1. The first-order valence-electron chi connectivity index (χ1n) is 9.00. The number of nitrogens with zero attached hydrogens (tertiary/aromatic N) is 5. The van der Waals surface area contributed by atoms with Crippen LogP contribution in [0.1, 0.15) is 23.0 Å². The fourth-order valence-electron chi connectivity index (χ4n) is 2.99. The molecule has 0 fully saturated rings. The molecule has 0 aliphatic heterocycles. The van der Waals surface area contributed by atoms with Gasteiger partial charge in [-0.05, 0) is 42.8 Å². The Hall–Kier alpha value is -3.60. The van der Waals surface area contributed by atoms with Crippen LogP contribution in [0.2, 0.25) is 5.02 Å². The van der Waals surface area contributed by atoms with Gasteiger partial charge in [-0.25, -0.2) is 9.20 Å². The molecule has 0 radical (unpaired) electrons. The minimum Gasteiger partial charge on any atom is -0.406 e. The standard InChI is InChI=1S/C19H14ClF3N6O2/c1-2-14-17(15-9-11(20)7-8-28(15)26-14)18(30)24-16-10-29(27-25-16)12-3-5-13(6-4-12)31-19(21,22)23/h3-10H,2H2,1H3,(H,24,30). The van der Waals surface area contributed by atoms with E-state index < -0.39 is 12.3 Å². The van der Waals surface area contributed by atoms with Crippen LogP contribution < -0.4 is 10.1 Å². The zero-order valence-electron chi connectivity index (χ0n) is 15.9. The smallest absolute Gasteiger partial charge is 0.406 e. The molecule has 160 valence electrons. The molecule has 4 aromatic rings. The van der Waals surface area contributed by atoms with Crippen molar-refractivity contribution in [2.24, 2.45) is 0 Å². The third-order valence-electron chi connectivity index (χ3n) is 4.30. The van der Waals surface area contributed by atoms with Crippen LogP contribution in [0.4, 0.5) is 19.0 Å². The van der Waals surface area contributed by atoms with Crippen LogP contribution in [0.15, 0.2) is 48.8 Å². The summed E-state index contributed by atoms with van der Waals surface area (Å²) in [5.41, 5.74) is 1.94. The maximum atomic E-state index is 12.9. The van der Waals surface area contributed by atoms with E-state index >= 15 is 0 Å². The Kier molecular flexibility index (Phi) is 5.27. The largest absolute Gasteiger partial charge is 0.573 e. The number of hydrogen-bond acceptors (Lipinski definition) is 5. The Morgan fingerprint density at radius 1 is 1.23 bits per heavy atom. The number of rotatable bonds is 5. The van der Waals surface area contributed by atoms with Gasteiger partial charge in [0.15, 0.2) is 5.82 Å². The molecule has 1 aromatic carbocycles. The highest BCUT2D eigenvalue weighted by molar-refractivity contribution is 6.31. The Bertz CT molecular complexity index is 1250. The lowest BCUT2D eigenvalue weighted by molar-refractivity contribution is -0.274. The molecule has 0 saturated carbocycles. The number of nitrogens with one attached hydrogen (secondary N) is 1. The van der Waals surface area contributed by atoms with Gasteiger partial charge in [0.1, 0.15) is 5.75 Å². The number of aromatic nitrogens is 5. The van der Waals surface area contributed by atoms with Crippen LogP contribution in [0.3, 0.4) is 0 Å². The summed E-state index contributed by atoms with van der Waals surface area (Å²) in [6, 6.07) is 8.37. The minimum absolute atomic E-state index is 0.157. The number of carbonyl (C=O) groups is 1. The molecule has 31 heavy (non-hydrogen) atoms. The van der Waals surface area contributed by atoms with Gasteiger partial charge in [-0.1, -0.05) is 23.7 Å². The Morgan fingerprint density at radius 3 is 2.65 bits per heavy atom. The lowest BCUT2D eigenvalue weighted by atomic mass is 10.1. The summed E-state index contributed by atoms with van der Waals surface area (Å²) in [5, 5.41) is 15.3. The molecule has 1 N–H and O–H groups in total. The second kappa shape index (κ2) is 7.91. The topological polar surface area (TPSA) is 86.3 Å². The first-order valence-corrected chi connectivity index (χ1v) is 9.38. The van der Waals surface area contributed by atoms with Gasteiger partial charge in [0.2, 0.25) is 0 Å². The molecule has 3 aromatic heterocycles. The van der Waals surface area contributed by atoms with Crippen LogP contribution in [0.5, 0.6) is 5.75 Å². The van der Waals surface area contributed by atoms with Crippen molar-refractivity contribution in [2.75, 3.05) is 5.32 Å². The average molecular weight is 451 g/mol. The van der Waals surface area contributed by atoms with Gasteiger partial charge in [0.25, 0.3) is 5.91 Å². The summed E-state index contributed by atoms with van der Waals surface area (Å²) < 4.78 is 43.5. The van der Waals surface area contributed by atoms with E-state index in [2.05, 4.69) is 25.5 Å². The minimum atomic E-state index is -4.77. The maximum absolute atomic E-state index is 12.9. The van der Waals surface area contributed by atoms with Crippen LogP contribution >= 0.6 is 11.6 Å². The quantitative estimate of drug-likeness (QED) is 0.490. The van der Waals surface area contributed by atoms with Gasteiger partial charge in [-0.2, -0.15) is 5.10 Å². The van der Waals surface area contributed by atoms with E-state index in [9.17, 15) is 18.0 Å². The van der Waals surface area contributed by atoms with E-state index in [0.717, 1.165) is 12.1 Å². The zero-order chi connectivity index (χ0) is 22.2. The highest BCUT2D eigenvalue weighted by atomic mass is 35.5. The Labute approximate surface area is 178 Å². The monoisotopic (exact) mass is 450 g/mol. The van der Waals surface area contributed by atoms with Crippen molar-refractivity contribution >= 4 is 28.8 Å². The first kappa shape index (κ1) is 20.7. The molecule has 4 rings (SSSR count). The van der Waals surface area contributed by atoms with Crippen molar-refractivity contribution < 1.29 is 22.7 Å². The second-order valence-electron chi connectivity index (χ2n) is 6.39. The van der Waals surface area contributed by atoms with E-state index in [1.165, 1.54) is 23.0 Å². The Balaban J connectivity index is 1.55. The van der Waals surface area contributed by atoms with Crippen LogP contribution in [0.25, 0.3) is 11.2 Å². The molecule has 0 atom stereocenters. The average Bonchev–Trinajstić information content (AvgIpc) is 3.31. The normalized spacial score (nSPS) is 11.6. The van der Waals surface area contributed by atoms with Gasteiger partial charge in [-0.15, -0.1) is 18.3 Å². The summed E-state index contributed by atoms with van der Waals surface area (Å²) in [4.78, 5) is 12.9. The number of benzene rings is 1. The van der Waals surface area contributed by atoms with Gasteiger partial charge in [0, 0.05) is 11.2 Å². The Morgan fingerprint density at radius 2 is 1.97 bits per heavy atom. The molecule has 12 heteroatoms. The van der Waals surface area contributed by atoms with Gasteiger partial charge >= 0.3 is 6.36 Å². The first-order chi connectivity index (χ1) is 14.7. The third kappa shape index (κ3) is 4.45. The fourth-order valence-corrected chi connectivity index (χ4v) is 3.15. The van der Waals surface area contributed by atoms with Crippen LogP contribution in [-0.4, -0.2) is 36.9 Å². The number of carbonyl (C=O) groups excluding carboxylic acids is 1. The van der Waals surface area contributed by atoms with E-state index in [1.807, 2.05) is 6.92 Å². The number of pyridine rings is 1. The molecule has 0 aliphatic carbocycles. The fraction of sp³-hybridized carbons (Fsp3) is 0.158. The summed E-state index contributed by atoms with van der Waals surface area (Å²) >= 11 is 6.06. The van der Waals surface area contributed by atoms with Crippen molar-refractivity contribution in [2.45, 2.75) is 19.7 Å². The lowest BCUT2D eigenvalue weighted by Crippen LogP contribution is -2.17. The number of aryl methyl sites for hydroxylation is 1. The molecule has 0 aliphatic rings. The summed E-state index contributed by atoms with van der Waals surface area (Å²) in [5.74, 6) is -0.636. The third-order valence-corrected chi connectivity index (χ3v) is 4.54. The number of ether oxygens (including phenoxy) is 1. The SMILES string of the molecule is CCc1nn2ccc(Cl)cc2c1C(=O)Nc1cn(-c2ccc(OC(F)(F)F)cc2)nn1. The second-order valence-corrected chi connectivity index (χ2v) is 6.83. The molecule has 8 nitrogen and oxygen atoms in total. The molecule has 0 unspecified atom stereocenters. The van der Waals surface area contributed by atoms with E-state index in [-0.39, 0.29) is 11.6 Å². The van der Waals surface area contributed by atoms with Crippen molar-refractivity contribution in [3.05, 3.63) is 65.1 Å². The van der Waals surface area contributed by atoms with Crippen LogP contribution in [-0.2, 0) is 6.42 Å². The van der Waals surface area contributed by atoms with E-state index in [1.54, 1.807) is 22.8 Å². The molecule has 0 saturated heterocycles. The van der Waals surface area contributed by atoms with Crippen molar-refractivity contribution in [1.82, 2.24) is 24.6 Å². The van der Waals surface area contributed by atoms with E-state index in [4.69, 9.17) is 11.6 Å². The zero-order valence-corrected chi connectivity index (χ0v) is 16.6. The predicted octanol–water partition coefficient (Wildman–Crippen LogP) is 4.28. The van der Waals surface area contributed by atoms with Gasteiger partial charge in [-0.3, -0.25) is 4.79 Å². The van der Waals surface area contributed by atoms with Crippen molar-refractivity contribution in [3.8, 4) is 11.4 Å². The predicted molar refractivity (Wildman–Crippen MR) is 106 cm³/mol. The van der Waals surface area contributed by atoms with Crippen molar-refractivity contribution in [3.63, 3.8) is 0 Å². The number of hydrogen-bond donors (Lipinski definition) is 1. The highest BCUT2D eigenvalue weighted by Gasteiger charge is 2.31. The number of anilines is 1. The molecule has 1 amide bonds. The molecule has 3 heterocycles. The number of amides is 1. The summed E-state index contributed by atoms with van der Waals surface area (Å²) in [6.07, 6.45) is -1.15. The van der Waals surface area contributed by atoms with Gasteiger partial charge < -0.3 is 10.1 Å². The molecular formula is C19H14ClF3N6O2. The maximum Gasteiger partial charge on any atom is 0.573 e. The summed E-state index contributed by atoms with van der Waals surface area (Å²) in [6.45, 7) is 1.88. The molecular weight excluding hydrogens is 437 g/mol. The van der Waals surface area contributed by atoms with Gasteiger partial charge in [0.05, 0.1) is 28.7 Å². The molecule has 0 spiro atoms. The van der Waals surface area contributed by atoms with E-state index in [0.29, 0.717) is 33.9 Å². The van der Waals surface area contributed by atoms with Crippen LogP contribution in [0, 0.1) is 0 Å². The number of alkyl halides is 3. The highest BCUT2D eigenvalue weighted by Crippen LogP contribution is 2.24. The number of halogens is 4. The van der Waals surface area contributed by atoms with Crippen molar-refractivity contribution in [1.29, 1.82) is 0 Å². The summed E-state index contributed by atoms with van der Waals surface area (Å²) in [7, 11) is 0.